The van der Waals surface area contributed by atoms with Gasteiger partial charge in [-0.25, -0.2) is 9.97 Å². The molecule has 2 N–H and O–H groups in total. The Labute approximate surface area is 176 Å². The van der Waals surface area contributed by atoms with Gasteiger partial charge in [0.05, 0.1) is 18.4 Å². The number of carbonyl (C=O) groups excluding carboxylic acids is 2. The number of amides is 2. The highest BCUT2D eigenvalue weighted by Crippen LogP contribution is 2.18. The summed E-state index contributed by atoms with van der Waals surface area (Å²) in [5.41, 5.74) is 2.41. The maximum atomic E-state index is 12.3. The van der Waals surface area contributed by atoms with Crippen LogP contribution in [0.25, 0.3) is 0 Å². The summed E-state index contributed by atoms with van der Waals surface area (Å²) in [6.45, 7) is 2.69. The van der Waals surface area contributed by atoms with Crippen molar-refractivity contribution in [3.8, 4) is 0 Å². The first-order valence-corrected chi connectivity index (χ1v) is 10.1. The van der Waals surface area contributed by atoms with Crippen LogP contribution in [0.4, 0.5) is 10.8 Å². The SMILES string of the molecule is Cc1nccn1Cc1ccc(NC(=O)Cc2csc(NC(=O)c3ccco3)n2)cc1. The summed E-state index contributed by atoms with van der Waals surface area (Å²) in [5.74, 6) is 0.602. The highest BCUT2D eigenvalue weighted by molar-refractivity contribution is 7.14. The highest BCUT2D eigenvalue weighted by atomic mass is 32.1. The number of aryl methyl sites for hydroxylation is 1. The van der Waals surface area contributed by atoms with Crippen LogP contribution < -0.4 is 10.6 Å². The van der Waals surface area contributed by atoms with E-state index in [0.29, 0.717) is 16.5 Å². The number of nitrogens with one attached hydrogen (secondary N) is 2. The van der Waals surface area contributed by atoms with Crippen LogP contribution in [0.2, 0.25) is 0 Å². The van der Waals surface area contributed by atoms with E-state index in [9.17, 15) is 9.59 Å². The summed E-state index contributed by atoms with van der Waals surface area (Å²) in [6.07, 6.45) is 5.25. The van der Waals surface area contributed by atoms with E-state index in [4.69, 9.17) is 4.42 Å². The minimum Gasteiger partial charge on any atom is -0.459 e. The fraction of sp³-hybridized carbons (Fsp3) is 0.143. The molecule has 3 heterocycles. The molecular weight excluding hydrogens is 402 g/mol. The maximum Gasteiger partial charge on any atom is 0.293 e. The average molecular weight is 421 g/mol. The second-order valence-electron chi connectivity index (χ2n) is 6.60. The molecule has 0 atom stereocenters. The first kappa shape index (κ1) is 19.6. The Morgan fingerprint density at radius 2 is 2.00 bits per heavy atom. The van der Waals surface area contributed by atoms with Crippen LogP contribution in [0, 0.1) is 6.92 Å². The molecule has 152 valence electrons. The van der Waals surface area contributed by atoms with E-state index in [0.717, 1.165) is 17.9 Å². The number of anilines is 2. The molecule has 4 rings (SSSR count). The Hall–Kier alpha value is -3.72. The molecule has 0 spiro atoms. The van der Waals surface area contributed by atoms with E-state index in [1.54, 1.807) is 23.7 Å². The summed E-state index contributed by atoms with van der Waals surface area (Å²) in [4.78, 5) is 32.8. The number of thiazole rings is 1. The molecule has 0 saturated carbocycles. The third-order valence-electron chi connectivity index (χ3n) is 4.37. The van der Waals surface area contributed by atoms with E-state index < -0.39 is 0 Å². The van der Waals surface area contributed by atoms with Gasteiger partial charge < -0.3 is 14.3 Å². The second-order valence-corrected chi connectivity index (χ2v) is 7.46. The van der Waals surface area contributed by atoms with Gasteiger partial charge in [0.1, 0.15) is 5.82 Å². The third kappa shape index (κ3) is 4.81. The molecular formula is C21H19N5O3S. The fourth-order valence-electron chi connectivity index (χ4n) is 2.84. The van der Waals surface area contributed by atoms with Crippen LogP contribution in [0.5, 0.6) is 0 Å². The maximum absolute atomic E-state index is 12.3. The Balaban J connectivity index is 1.30. The Kier molecular flexibility index (Phi) is 5.71. The molecule has 2 amide bonds. The number of rotatable bonds is 7. The number of furan rings is 1. The van der Waals surface area contributed by atoms with Crippen molar-refractivity contribution in [3.05, 3.63) is 83.3 Å². The van der Waals surface area contributed by atoms with Gasteiger partial charge in [-0.2, -0.15) is 0 Å². The lowest BCUT2D eigenvalue weighted by atomic mass is 10.2. The van der Waals surface area contributed by atoms with Crippen LogP contribution in [-0.2, 0) is 17.8 Å². The lowest BCUT2D eigenvalue weighted by Crippen LogP contribution is -2.15. The predicted octanol–water partition coefficient (Wildman–Crippen LogP) is 3.72. The summed E-state index contributed by atoms with van der Waals surface area (Å²) < 4.78 is 7.10. The van der Waals surface area contributed by atoms with E-state index in [-0.39, 0.29) is 24.0 Å². The minimum absolute atomic E-state index is 0.114. The number of hydrogen-bond acceptors (Lipinski definition) is 6. The highest BCUT2D eigenvalue weighted by Gasteiger charge is 2.13. The van der Waals surface area contributed by atoms with E-state index in [1.165, 1.54) is 17.6 Å². The molecule has 1 aromatic carbocycles. The molecule has 0 aliphatic carbocycles. The molecule has 0 saturated heterocycles. The van der Waals surface area contributed by atoms with Crippen molar-refractivity contribution in [3.63, 3.8) is 0 Å². The molecule has 0 radical (unpaired) electrons. The van der Waals surface area contributed by atoms with Crippen molar-refractivity contribution in [2.75, 3.05) is 10.6 Å². The van der Waals surface area contributed by atoms with Crippen molar-refractivity contribution in [2.45, 2.75) is 19.9 Å². The number of imidazole rings is 1. The number of aromatic nitrogens is 3. The molecule has 8 nitrogen and oxygen atoms in total. The Bertz CT molecular complexity index is 1150. The lowest BCUT2D eigenvalue weighted by Gasteiger charge is -2.08. The quantitative estimate of drug-likeness (QED) is 0.473. The molecule has 0 bridgehead atoms. The topological polar surface area (TPSA) is 102 Å². The smallest absolute Gasteiger partial charge is 0.293 e. The molecule has 4 aromatic rings. The fourth-order valence-corrected chi connectivity index (χ4v) is 3.55. The van der Waals surface area contributed by atoms with Gasteiger partial charge in [0.25, 0.3) is 5.91 Å². The van der Waals surface area contributed by atoms with Crippen molar-refractivity contribution in [2.24, 2.45) is 0 Å². The summed E-state index contributed by atoms with van der Waals surface area (Å²) >= 11 is 1.26. The number of carbonyl (C=O) groups is 2. The van der Waals surface area contributed by atoms with Crippen LogP contribution in [0.3, 0.4) is 0 Å². The zero-order valence-corrected chi connectivity index (χ0v) is 17.0. The first-order valence-electron chi connectivity index (χ1n) is 9.22. The van der Waals surface area contributed by atoms with E-state index in [2.05, 4.69) is 25.2 Å². The van der Waals surface area contributed by atoms with Crippen molar-refractivity contribution in [1.82, 2.24) is 14.5 Å². The Morgan fingerprint density at radius 3 is 2.70 bits per heavy atom. The van der Waals surface area contributed by atoms with Gasteiger partial charge in [-0.15, -0.1) is 11.3 Å². The van der Waals surface area contributed by atoms with Gasteiger partial charge in [-0.1, -0.05) is 12.1 Å². The molecule has 9 heteroatoms. The monoisotopic (exact) mass is 421 g/mol. The molecule has 30 heavy (non-hydrogen) atoms. The minimum atomic E-state index is -0.378. The number of hydrogen-bond donors (Lipinski definition) is 2. The van der Waals surface area contributed by atoms with Crippen LogP contribution in [-0.4, -0.2) is 26.3 Å². The van der Waals surface area contributed by atoms with Crippen molar-refractivity contribution in [1.29, 1.82) is 0 Å². The molecule has 0 aliphatic heterocycles. The number of benzene rings is 1. The summed E-state index contributed by atoms with van der Waals surface area (Å²) in [5, 5.41) is 7.68. The first-order chi connectivity index (χ1) is 14.6. The largest absolute Gasteiger partial charge is 0.459 e. The van der Waals surface area contributed by atoms with Crippen LogP contribution >= 0.6 is 11.3 Å². The average Bonchev–Trinajstić information content (AvgIpc) is 3.47. The normalized spacial score (nSPS) is 10.7. The predicted molar refractivity (Wildman–Crippen MR) is 114 cm³/mol. The molecule has 0 unspecified atom stereocenters. The zero-order chi connectivity index (χ0) is 20.9. The van der Waals surface area contributed by atoms with Crippen molar-refractivity contribution >= 4 is 34.0 Å². The van der Waals surface area contributed by atoms with Gasteiger partial charge in [0.15, 0.2) is 10.9 Å². The van der Waals surface area contributed by atoms with Gasteiger partial charge in [-0.3, -0.25) is 14.9 Å². The van der Waals surface area contributed by atoms with Gasteiger partial charge >= 0.3 is 0 Å². The number of nitrogens with zero attached hydrogens (tertiary/aromatic N) is 3. The Morgan fingerprint density at radius 1 is 1.17 bits per heavy atom. The van der Waals surface area contributed by atoms with Gasteiger partial charge in [0, 0.05) is 30.0 Å². The standard InChI is InChI=1S/C21H19N5O3S/c1-14-22-8-9-26(14)12-15-4-6-16(7-5-15)23-19(27)11-17-13-30-21(24-17)25-20(28)18-3-2-10-29-18/h2-10,13H,11-12H2,1H3,(H,23,27)(H,24,25,28). The lowest BCUT2D eigenvalue weighted by molar-refractivity contribution is -0.115. The second kappa shape index (κ2) is 8.75. The van der Waals surface area contributed by atoms with Crippen LogP contribution in [0.1, 0.15) is 27.6 Å². The molecule has 0 fully saturated rings. The molecule has 3 aromatic heterocycles. The summed E-state index contributed by atoms with van der Waals surface area (Å²) in [6, 6.07) is 10.9. The van der Waals surface area contributed by atoms with E-state index in [1.807, 2.05) is 37.4 Å². The van der Waals surface area contributed by atoms with Gasteiger partial charge in [0.2, 0.25) is 5.91 Å². The van der Waals surface area contributed by atoms with Crippen molar-refractivity contribution < 1.29 is 14.0 Å². The third-order valence-corrected chi connectivity index (χ3v) is 5.18. The molecule has 0 aliphatic rings. The van der Waals surface area contributed by atoms with E-state index >= 15 is 0 Å². The zero-order valence-electron chi connectivity index (χ0n) is 16.2. The summed E-state index contributed by atoms with van der Waals surface area (Å²) in [7, 11) is 0. The van der Waals surface area contributed by atoms with Crippen LogP contribution in [0.15, 0.2) is 64.9 Å². The van der Waals surface area contributed by atoms with Gasteiger partial charge in [-0.05, 0) is 36.8 Å².